The van der Waals surface area contributed by atoms with E-state index in [2.05, 4.69) is 6.58 Å². The Hall–Kier alpha value is -1.85. The zero-order chi connectivity index (χ0) is 15.1. The first-order valence-corrected chi connectivity index (χ1v) is 6.85. The van der Waals surface area contributed by atoms with Crippen molar-refractivity contribution in [2.24, 2.45) is 0 Å². The van der Waals surface area contributed by atoms with Gasteiger partial charge in [0.2, 0.25) is 17.7 Å². The van der Waals surface area contributed by atoms with Crippen LogP contribution in [-0.2, 0) is 14.4 Å². The molecule has 0 atom stereocenters. The lowest BCUT2D eigenvalue weighted by atomic mass is 10.2. The van der Waals surface area contributed by atoms with Gasteiger partial charge in [0.25, 0.3) is 0 Å². The number of piperazine rings is 1. The Morgan fingerprint density at radius 2 is 1.65 bits per heavy atom. The SMILES string of the molecule is C=CCN(CCC(=O)N1CCN(C(C)=O)CC1)C(C)=O. The van der Waals surface area contributed by atoms with Crippen LogP contribution in [0.5, 0.6) is 0 Å². The third-order valence-electron chi connectivity index (χ3n) is 3.47. The molecule has 6 nitrogen and oxygen atoms in total. The normalized spacial score (nSPS) is 14.9. The Balaban J connectivity index is 2.38. The summed E-state index contributed by atoms with van der Waals surface area (Å²) in [7, 11) is 0. The van der Waals surface area contributed by atoms with E-state index in [1.54, 1.807) is 20.8 Å². The largest absolute Gasteiger partial charge is 0.339 e. The fourth-order valence-electron chi connectivity index (χ4n) is 2.19. The molecule has 0 aromatic rings. The molecule has 0 radical (unpaired) electrons. The smallest absolute Gasteiger partial charge is 0.224 e. The zero-order valence-corrected chi connectivity index (χ0v) is 12.3. The lowest BCUT2D eigenvalue weighted by Crippen LogP contribution is -2.50. The molecule has 0 unspecified atom stereocenters. The lowest BCUT2D eigenvalue weighted by molar-refractivity contribution is -0.139. The minimum atomic E-state index is -0.0564. The van der Waals surface area contributed by atoms with Gasteiger partial charge >= 0.3 is 0 Å². The van der Waals surface area contributed by atoms with Crippen LogP contribution < -0.4 is 0 Å². The summed E-state index contributed by atoms with van der Waals surface area (Å²) in [5.41, 5.74) is 0. The highest BCUT2D eigenvalue weighted by Crippen LogP contribution is 2.05. The van der Waals surface area contributed by atoms with E-state index in [9.17, 15) is 14.4 Å². The molecule has 1 aliphatic heterocycles. The summed E-state index contributed by atoms with van der Waals surface area (Å²) in [6.07, 6.45) is 1.96. The molecule has 20 heavy (non-hydrogen) atoms. The van der Waals surface area contributed by atoms with Crippen molar-refractivity contribution in [3.05, 3.63) is 12.7 Å². The van der Waals surface area contributed by atoms with Crippen LogP contribution in [0.4, 0.5) is 0 Å². The van der Waals surface area contributed by atoms with E-state index >= 15 is 0 Å². The number of hydrogen-bond acceptors (Lipinski definition) is 3. The lowest BCUT2D eigenvalue weighted by Gasteiger charge is -2.34. The Kier molecular flexibility index (Phi) is 6.21. The van der Waals surface area contributed by atoms with E-state index < -0.39 is 0 Å². The first-order valence-electron chi connectivity index (χ1n) is 6.85. The fourth-order valence-corrected chi connectivity index (χ4v) is 2.19. The Labute approximate surface area is 120 Å². The zero-order valence-electron chi connectivity index (χ0n) is 12.3. The summed E-state index contributed by atoms with van der Waals surface area (Å²) >= 11 is 0. The topological polar surface area (TPSA) is 60.9 Å². The Morgan fingerprint density at radius 3 is 2.10 bits per heavy atom. The van der Waals surface area contributed by atoms with Crippen molar-refractivity contribution in [3.8, 4) is 0 Å². The fraction of sp³-hybridized carbons (Fsp3) is 0.643. The van der Waals surface area contributed by atoms with Crippen LogP contribution in [0.25, 0.3) is 0 Å². The van der Waals surface area contributed by atoms with Crippen molar-refractivity contribution in [2.45, 2.75) is 20.3 Å². The van der Waals surface area contributed by atoms with Gasteiger partial charge in [-0.3, -0.25) is 14.4 Å². The summed E-state index contributed by atoms with van der Waals surface area (Å²) in [6.45, 7) is 9.81. The highest BCUT2D eigenvalue weighted by molar-refractivity contribution is 5.79. The first-order chi connectivity index (χ1) is 9.45. The molecule has 0 aromatic carbocycles. The van der Waals surface area contributed by atoms with E-state index in [1.807, 2.05) is 0 Å². The van der Waals surface area contributed by atoms with Gasteiger partial charge < -0.3 is 14.7 Å². The molecular formula is C14H23N3O3. The number of nitrogens with zero attached hydrogens (tertiary/aromatic N) is 3. The number of hydrogen-bond donors (Lipinski definition) is 0. The van der Waals surface area contributed by atoms with Crippen molar-refractivity contribution < 1.29 is 14.4 Å². The third-order valence-corrected chi connectivity index (χ3v) is 3.47. The molecule has 0 aromatic heterocycles. The summed E-state index contributed by atoms with van der Waals surface area (Å²) < 4.78 is 0. The molecule has 0 spiro atoms. The molecule has 1 fully saturated rings. The van der Waals surface area contributed by atoms with E-state index in [0.717, 1.165) is 0 Å². The van der Waals surface area contributed by atoms with Crippen molar-refractivity contribution in [1.29, 1.82) is 0 Å². The molecule has 0 saturated carbocycles. The standard InChI is InChI=1S/C14H23N3O3/c1-4-6-15(12(2)18)7-5-14(20)17-10-8-16(9-11-17)13(3)19/h4H,1,5-11H2,2-3H3. The summed E-state index contributed by atoms with van der Waals surface area (Å²) in [6, 6.07) is 0. The van der Waals surface area contributed by atoms with Gasteiger partial charge in [-0.2, -0.15) is 0 Å². The second-order valence-corrected chi connectivity index (χ2v) is 4.89. The maximum Gasteiger partial charge on any atom is 0.224 e. The highest BCUT2D eigenvalue weighted by atomic mass is 16.2. The molecule has 0 bridgehead atoms. The molecule has 6 heteroatoms. The van der Waals surface area contributed by atoms with Crippen molar-refractivity contribution in [3.63, 3.8) is 0 Å². The van der Waals surface area contributed by atoms with Crippen LogP contribution in [0.3, 0.4) is 0 Å². The van der Waals surface area contributed by atoms with Gasteiger partial charge in [0.15, 0.2) is 0 Å². The van der Waals surface area contributed by atoms with Crippen LogP contribution in [0.1, 0.15) is 20.3 Å². The molecule has 1 rings (SSSR count). The molecule has 1 heterocycles. The first kappa shape index (κ1) is 16.2. The highest BCUT2D eigenvalue weighted by Gasteiger charge is 2.22. The molecule has 1 saturated heterocycles. The number of amides is 3. The molecule has 0 N–H and O–H groups in total. The molecular weight excluding hydrogens is 258 g/mol. The van der Waals surface area contributed by atoms with Crippen molar-refractivity contribution in [1.82, 2.24) is 14.7 Å². The van der Waals surface area contributed by atoms with Gasteiger partial charge in [0, 0.05) is 59.5 Å². The number of rotatable bonds is 5. The second-order valence-electron chi connectivity index (χ2n) is 4.89. The van der Waals surface area contributed by atoms with Gasteiger partial charge in [-0.25, -0.2) is 0 Å². The number of carbonyl (C=O) groups excluding carboxylic acids is 3. The van der Waals surface area contributed by atoms with E-state index in [-0.39, 0.29) is 17.7 Å². The van der Waals surface area contributed by atoms with Crippen LogP contribution in [-0.4, -0.2) is 71.7 Å². The molecule has 3 amide bonds. The predicted octanol–water partition coefficient (Wildman–Crippen LogP) is 0.102. The molecule has 1 aliphatic rings. The Bertz CT molecular complexity index is 387. The minimum Gasteiger partial charge on any atom is -0.339 e. The van der Waals surface area contributed by atoms with Gasteiger partial charge in [-0.1, -0.05) is 6.08 Å². The van der Waals surface area contributed by atoms with Crippen LogP contribution in [0.2, 0.25) is 0 Å². The molecule has 0 aliphatic carbocycles. The van der Waals surface area contributed by atoms with E-state index in [4.69, 9.17) is 0 Å². The maximum absolute atomic E-state index is 12.1. The summed E-state index contributed by atoms with van der Waals surface area (Å²) in [5, 5.41) is 0. The quantitative estimate of drug-likeness (QED) is 0.672. The van der Waals surface area contributed by atoms with Crippen LogP contribution >= 0.6 is 0 Å². The average molecular weight is 281 g/mol. The predicted molar refractivity (Wildman–Crippen MR) is 75.9 cm³/mol. The van der Waals surface area contributed by atoms with Gasteiger partial charge in [-0.15, -0.1) is 6.58 Å². The van der Waals surface area contributed by atoms with E-state index in [1.165, 1.54) is 13.8 Å². The van der Waals surface area contributed by atoms with Crippen LogP contribution in [0, 0.1) is 0 Å². The summed E-state index contributed by atoms with van der Waals surface area (Å²) in [5.74, 6) is 0.0217. The Morgan fingerprint density at radius 1 is 1.10 bits per heavy atom. The maximum atomic E-state index is 12.1. The van der Waals surface area contributed by atoms with Gasteiger partial charge in [-0.05, 0) is 0 Å². The molecule has 112 valence electrons. The van der Waals surface area contributed by atoms with Gasteiger partial charge in [0.1, 0.15) is 0 Å². The van der Waals surface area contributed by atoms with Gasteiger partial charge in [0.05, 0.1) is 0 Å². The number of carbonyl (C=O) groups is 3. The third kappa shape index (κ3) is 4.68. The second kappa shape index (κ2) is 7.67. The van der Waals surface area contributed by atoms with Crippen molar-refractivity contribution >= 4 is 17.7 Å². The average Bonchev–Trinajstić information content (AvgIpc) is 2.42. The van der Waals surface area contributed by atoms with Crippen molar-refractivity contribution in [2.75, 3.05) is 39.3 Å². The monoisotopic (exact) mass is 281 g/mol. The minimum absolute atomic E-state index is 0.0310. The summed E-state index contributed by atoms with van der Waals surface area (Å²) in [4.78, 5) is 39.7. The van der Waals surface area contributed by atoms with E-state index in [0.29, 0.717) is 45.7 Å². The van der Waals surface area contributed by atoms with Crippen LogP contribution in [0.15, 0.2) is 12.7 Å².